The molecule has 1 amide bonds. The van der Waals surface area contributed by atoms with Crippen LogP contribution in [-0.2, 0) is 21.2 Å². The van der Waals surface area contributed by atoms with Crippen LogP contribution in [-0.4, -0.2) is 37.5 Å². The van der Waals surface area contributed by atoms with E-state index in [0.717, 1.165) is 15.4 Å². The van der Waals surface area contributed by atoms with Crippen molar-refractivity contribution in [3.63, 3.8) is 0 Å². The van der Waals surface area contributed by atoms with E-state index < -0.39 is 27.8 Å². The lowest BCUT2D eigenvalue weighted by atomic mass is 9.92. The fraction of sp³-hybridized carbons (Fsp3) is 0.174. The molecule has 7 nitrogen and oxygen atoms in total. The quantitative estimate of drug-likeness (QED) is 0.417. The Bertz CT molecular complexity index is 1300. The van der Waals surface area contributed by atoms with Gasteiger partial charge in [0, 0.05) is 17.1 Å². The largest absolute Gasteiger partial charge is 0.496 e. The highest BCUT2D eigenvalue weighted by Crippen LogP contribution is 2.40. The van der Waals surface area contributed by atoms with Gasteiger partial charge in [0.25, 0.3) is 5.91 Å². The third-order valence-corrected chi connectivity index (χ3v) is 7.75. The molecule has 1 heterocycles. The number of carbonyl (C=O) groups is 1. The van der Waals surface area contributed by atoms with Crippen molar-refractivity contribution in [3.05, 3.63) is 82.6 Å². The fourth-order valence-corrected chi connectivity index (χ4v) is 5.71. The zero-order chi connectivity index (χ0) is 23.8. The van der Waals surface area contributed by atoms with E-state index >= 15 is 0 Å². The maximum Gasteiger partial charge on any atom is 0.266 e. The minimum Gasteiger partial charge on any atom is -0.496 e. The number of hydroxylamine groups is 1. The summed E-state index contributed by atoms with van der Waals surface area (Å²) in [6, 6.07) is 14.3. The minimum absolute atomic E-state index is 0.0374. The fourth-order valence-electron chi connectivity index (χ4n) is 4.02. The zero-order valence-electron chi connectivity index (χ0n) is 17.5. The van der Waals surface area contributed by atoms with Crippen molar-refractivity contribution in [2.75, 3.05) is 13.7 Å². The number of benzene rings is 3. The van der Waals surface area contributed by atoms with Crippen molar-refractivity contribution < 1.29 is 27.5 Å². The highest BCUT2D eigenvalue weighted by Gasteiger charge is 2.43. The molecule has 3 aromatic rings. The molecular weight excluding hydrogens is 471 g/mol. The van der Waals surface area contributed by atoms with Gasteiger partial charge in [-0.1, -0.05) is 35.9 Å². The van der Waals surface area contributed by atoms with Crippen LogP contribution < -0.4 is 10.2 Å². The van der Waals surface area contributed by atoms with Crippen molar-refractivity contribution in [2.24, 2.45) is 0 Å². The molecule has 0 fully saturated rings. The Labute approximate surface area is 195 Å². The van der Waals surface area contributed by atoms with Crippen LogP contribution in [0.3, 0.4) is 0 Å². The molecule has 2 N–H and O–H groups in total. The lowest BCUT2D eigenvalue weighted by Gasteiger charge is -2.35. The van der Waals surface area contributed by atoms with Crippen LogP contribution in [0.25, 0.3) is 11.1 Å². The smallest absolute Gasteiger partial charge is 0.266 e. The predicted molar refractivity (Wildman–Crippen MR) is 120 cm³/mol. The summed E-state index contributed by atoms with van der Waals surface area (Å²) in [6.45, 7) is -0.156. The molecule has 33 heavy (non-hydrogen) atoms. The summed E-state index contributed by atoms with van der Waals surface area (Å²) in [4.78, 5) is 12.6. The molecule has 0 aromatic heterocycles. The lowest BCUT2D eigenvalue weighted by Crippen LogP contribution is -2.47. The number of halogens is 2. The molecule has 0 saturated heterocycles. The van der Waals surface area contributed by atoms with E-state index in [-0.39, 0.29) is 34.7 Å². The second-order valence-corrected chi connectivity index (χ2v) is 9.74. The predicted octanol–water partition coefficient (Wildman–Crippen LogP) is 3.95. The first-order chi connectivity index (χ1) is 15.8. The molecule has 0 spiro atoms. The Hall–Kier alpha value is -2.98. The summed E-state index contributed by atoms with van der Waals surface area (Å²) in [7, 11) is -2.85. The zero-order valence-corrected chi connectivity index (χ0v) is 19.0. The Morgan fingerprint density at radius 2 is 1.70 bits per heavy atom. The van der Waals surface area contributed by atoms with Gasteiger partial charge < -0.3 is 4.74 Å². The van der Waals surface area contributed by atoms with Crippen molar-refractivity contribution in [1.29, 1.82) is 0 Å². The van der Waals surface area contributed by atoms with Gasteiger partial charge in [-0.15, -0.1) is 0 Å². The molecule has 4 rings (SSSR count). The second kappa shape index (κ2) is 9.11. The van der Waals surface area contributed by atoms with Crippen molar-refractivity contribution in [1.82, 2.24) is 9.79 Å². The maximum atomic E-state index is 14.5. The van der Waals surface area contributed by atoms with Crippen LogP contribution in [0.15, 0.2) is 65.6 Å². The summed E-state index contributed by atoms with van der Waals surface area (Å²) in [5.41, 5.74) is 3.38. The molecule has 0 radical (unpaired) electrons. The maximum absolute atomic E-state index is 14.5. The Morgan fingerprint density at radius 3 is 2.27 bits per heavy atom. The molecule has 0 aliphatic carbocycles. The molecule has 3 aromatic carbocycles. The van der Waals surface area contributed by atoms with Crippen molar-refractivity contribution in [3.8, 4) is 16.9 Å². The monoisotopic (exact) mass is 490 g/mol. The Morgan fingerprint density at radius 1 is 1.09 bits per heavy atom. The number of ether oxygens (including phenoxy) is 1. The molecule has 1 aliphatic rings. The second-order valence-electron chi connectivity index (χ2n) is 7.42. The highest BCUT2D eigenvalue weighted by atomic mass is 35.5. The number of nitrogens with one attached hydrogen (secondary N) is 1. The molecule has 0 saturated carbocycles. The molecular formula is C23H20ClFN2O5S. The van der Waals surface area contributed by atoms with E-state index in [1.807, 2.05) is 12.1 Å². The van der Waals surface area contributed by atoms with Gasteiger partial charge in [-0.05, 0) is 59.5 Å². The van der Waals surface area contributed by atoms with E-state index in [4.69, 9.17) is 16.3 Å². The normalized spacial score (nSPS) is 16.2. The van der Waals surface area contributed by atoms with Crippen LogP contribution in [0, 0.1) is 5.82 Å². The Balaban J connectivity index is 1.76. The van der Waals surface area contributed by atoms with Crippen LogP contribution >= 0.6 is 11.6 Å². The molecule has 172 valence electrons. The SMILES string of the molecule is COc1ccc(F)c2c1[C@H](C(=O)NO)N(S(=O)(=O)c1ccc(-c3ccc(Cl)cc3)cc1)CC2. The van der Waals surface area contributed by atoms with Crippen molar-refractivity contribution in [2.45, 2.75) is 17.4 Å². The first-order valence-corrected chi connectivity index (χ1v) is 11.8. The van der Waals surface area contributed by atoms with Crippen molar-refractivity contribution >= 4 is 27.5 Å². The van der Waals surface area contributed by atoms with Gasteiger partial charge in [-0.3, -0.25) is 10.0 Å². The third kappa shape index (κ3) is 4.20. The molecule has 1 aliphatic heterocycles. The van der Waals surface area contributed by atoms with Gasteiger partial charge in [0.2, 0.25) is 10.0 Å². The average Bonchev–Trinajstić information content (AvgIpc) is 2.83. The van der Waals surface area contributed by atoms with Gasteiger partial charge >= 0.3 is 0 Å². The van der Waals surface area contributed by atoms with Crippen LogP contribution in [0.1, 0.15) is 17.2 Å². The first-order valence-electron chi connectivity index (χ1n) is 9.95. The summed E-state index contributed by atoms with van der Waals surface area (Å²) in [5.74, 6) is -1.44. The molecule has 10 heteroatoms. The van der Waals surface area contributed by atoms with E-state index in [1.54, 1.807) is 24.3 Å². The molecule has 0 bridgehead atoms. The Kier molecular flexibility index (Phi) is 6.40. The minimum atomic E-state index is -4.19. The number of sulfonamides is 1. The van der Waals surface area contributed by atoms with E-state index in [0.29, 0.717) is 5.02 Å². The third-order valence-electron chi connectivity index (χ3n) is 5.62. The van der Waals surface area contributed by atoms with E-state index in [1.165, 1.54) is 36.9 Å². The molecule has 0 unspecified atom stereocenters. The number of amides is 1. The number of methoxy groups -OCH3 is 1. The summed E-state index contributed by atoms with van der Waals surface area (Å²) in [5, 5.41) is 9.90. The summed E-state index contributed by atoms with van der Waals surface area (Å²) in [6.07, 6.45) is 0.0374. The standard InChI is InChI=1S/C23H20ClFN2O5S/c1-32-20-11-10-19(25)18-12-13-27(22(21(18)20)23(28)26-29)33(30,31)17-8-4-15(5-9-17)14-2-6-16(24)7-3-14/h2-11,22,29H,12-13H2,1H3,(H,26,28)/t22-/m1/s1. The number of rotatable bonds is 5. The number of carbonyl (C=O) groups excluding carboxylic acids is 1. The summed E-state index contributed by atoms with van der Waals surface area (Å²) >= 11 is 5.92. The van der Waals surface area contributed by atoms with E-state index in [9.17, 15) is 22.8 Å². The number of fused-ring (bicyclic) bond motifs is 1. The van der Waals surface area contributed by atoms with Gasteiger partial charge in [0.1, 0.15) is 17.6 Å². The highest BCUT2D eigenvalue weighted by molar-refractivity contribution is 7.89. The van der Waals surface area contributed by atoms with Crippen LogP contribution in [0.2, 0.25) is 5.02 Å². The van der Waals surface area contributed by atoms with Gasteiger partial charge in [-0.2, -0.15) is 4.31 Å². The van der Waals surface area contributed by atoms with E-state index in [2.05, 4.69) is 0 Å². The first kappa shape index (κ1) is 23.2. The number of nitrogens with zero attached hydrogens (tertiary/aromatic N) is 1. The average molecular weight is 491 g/mol. The van der Waals surface area contributed by atoms with Gasteiger partial charge in [-0.25, -0.2) is 18.3 Å². The molecule has 1 atom stereocenters. The summed E-state index contributed by atoms with van der Waals surface area (Å²) < 4.78 is 47.7. The topological polar surface area (TPSA) is 95.9 Å². The number of hydrogen-bond donors (Lipinski definition) is 2. The van der Waals surface area contributed by atoms with Crippen LogP contribution in [0.4, 0.5) is 4.39 Å². The number of hydrogen-bond acceptors (Lipinski definition) is 5. The van der Waals surface area contributed by atoms with Gasteiger partial charge in [0.05, 0.1) is 12.0 Å². The van der Waals surface area contributed by atoms with Gasteiger partial charge in [0.15, 0.2) is 0 Å². The van der Waals surface area contributed by atoms with Crippen LogP contribution in [0.5, 0.6) is 5.75 Å². The lowest BCUT2D eigenvalue weighted by molar-refractivity contribution is -0.133.